The highest BCUT2D eigenvalue weighted by molar-refractivity contribution is 5.93. The Morgan fingerprint density at radius 3 is 2.64 bits per heavy atom. The van der Waals surface area contributed by atoms with Gasteiger partial charge < -0.3 is 5.32 Å². The average molecular weight is 297 g/mol. The zero-order valence-electron chi connectivity index (χ0n) is 13.8. The van der Waals surface area contributed by atoms with Crippen LogP contribution in [-0.2, 0) is 6.42 Å². The Balaban J connectivity index is 2.30. The van der Waals surface area contributed by atoms with Crippen molar-refractivity contribution in [2.45, 2.75) is 47.0 Å². The average Bonchev–Trinajstić information content (AvgIpc) is 2.83. The molecule has 3 aromatic rings. The first-order valence-electron chi connectivity index (χ1n) is 8.04. The molecule has 0 aliphatic carbocycles. The van der Waals surface area contributed by atoms with Crippen LogP contribution >= 0.6 is 0 Å². The molecule has 0 radical (unpaired) electrons. The summed E-state index contributed by atoms with van der Waals surface area (Å²) in [5.41, 5.74) is 4.96. The van der Waals surface area contributed by atoms with Gasteiger partial charge in [0.15, 0.2) is 11.3 Å². The first-order chi connectivity index (χ1) is 10.6. The first kappa shape index (κ1) is 14.8. The lowest BCUT2D eigenvalue weighted by atomic mass is 10.2. The van der Waals surface area contributed by atoms with Gasteiger partial charge in [-0.25, -0.2) is 9.97 Å². The van der Waals surface area contributed by atoms with Gasteiger partial charge in [0, 0.05) is 24.0 Å². The molecule has 1 N–H and O–H groups in total. The predicted octanol–water partition coefficient (Wildman–Crippen LogP) is 3.67. The van der Waals surface area contributed by atoms with E-state index in [2.05, 4.69) is 48.3 Å². The van der Waals surface area contributed by atoms with Crippen LogP contribution in [0.4, 0.5) is 5.82 Å². The van der Waals surface area contributed by atoms with Crippen LogP contribution in [0.3, 0.4) is 0 Å². The number of nitrogens with zero attached hydrogens (tertiary/aromatic N) is 4. The minimum atomic E-state index is 0.776. The maximum Gasteiger partial charge on any atom is 0.184 e. The number of nitrogens with one attached hydrogen (secondary N) is 1. The number of hydrogen-bond acceptors (Lipinski definition) is 4. The van der Waals surface area contributed by atoms with Gasteiger partial charge in [0.1, 0.15) is 5.82 Å². The van der Waals surface area contributed by atoms with Crippen molar-refractivity contribution in [2.24, 2.45) is 0 Å². The first-order valence-corrected chi connectivity index (χ1v) is 8.04. The molecule has 116 valence electrons. The van der Waals surface area contributed by atoms with Gasteiger partial charge >= 0.3 is 0 Å². The number of hydrogen-bond donors (Lipinski definition) is 1. The van der Waals surface area contributed by atoms with Crippen molar-refractivity contribution in [3.63, 3.8) is 0 Å². The van der Waals surface area contributed by atoms with Gasteiger partial charge in [-0.2, -0.15) is 4.52 Å². The molecule has 0 fully saturated rings. The third-order valence-corrected chi connectivity index (χ3v) is 3.79. The van der Waals surface area contributed by atoms with E-state index in [-0.39, 0.29) is 0 Å². The minimum Gasteiger partial charge on any atom is -0.370 e. The summed E-state index contributed by atoms with van der Waals surface area (Å²) >= 11 is 0. The van der Waals surface area contributed by atoms with Crippen LogP contribution in [0, 0.1) is 13.8 Å². The molecule has 0 aliphatic heterocycles. The van der Waals surface area contributed by atoms with Crippen LogP contribution < -0.4 is 5.32 Å². The topological polar surface area (TPSA) is 55.1 Å². The maximum atomic E-state index is 4.83. The standard InChI is InChI=1S/C17H23N5/c1-5-7-13-10-14(18-8-6-2)22-17(20-13)15-11(3)9-12(4)19-16(15)21-22/h9-10,18H,5-8H2,1-4H3. The fourth-order valence-electron chi connectivity index (χ4n) is 2.84. The number of anilines is 1. The summed E-state index contributed by atoms with van der Waals surface area (Å²) in [4.78, 5) is 9.40. The summed E-state index contributed by atoms with van der Waals surface area (Å²) in [6, 6.07) is 4.21. The summed E-state index contributed by atoms with van der Waals surface area (Å²) < 4.78 is 1.90. The van der Waals surface area contributed by atoms with E-state index in [0.717, 1.165) is 59.7 Å². The van der Waals surface area contributed by atoms with Gasteiger partial charge in [0.2, 0.25) is 0 Å². The van der Waals surface area contributed by atoms with Crippen LogP contribution in [0.15, 0.2) is 12.1 Å². The van der Waals surface area contributed by atoms with Crippen molar-refractivity contribution in [3.8, 4) is 0 Å². The molecule has 0 atom stereocenters. The molecule has 0 aliphatic rings. The molecule has 0 spiro atoms. The summed E-state index contributed by atoms with van der Waals surface area (Å²) in [5, 5.41) is 9.19. The quantitative estimate of drug-likeness (QED) is 0.780. The van der Waals surface area contributed by atoms with Crippen LogP contribution in [0.25, 0.3) is 16.7 Å². The van der Waals surface area contributed by atoms with E-state index < -0.39 is 0 Å². The van der Waals surface area contributed by atoms with E-state index >= 15 is 0 Å². The molecule has 0 amide bonds. The van der Waals surface area contributed by atoms with Gasteiger partial charge in [0.25, 0.3) is 0 Å². The molecule has 0 bridgehead atoms. The van der Waals surface area contributed by atoms with E-state index in [1.807, 2.05) is 11.4 Å². The lowest BCUT2D eigenvalue weighted by Gasteiger charge is -2.09. The van der Waals surface area contributed by atoms with Crippen LogP contribution in [0.1, 0.15) is 43.6 Å². The van der Waals surface area contributed by atoms with Crippen molar-refractivity contribution >= 4 is 22.5 Å². The van der Waals surface area contributed by atoms with E-state index in [0.29, 0.717) is 0 Å². The van der Waals surface area contributed by atoms with Crippen molar-refractivity contribution in [1.82, 2.24) is 19.6 Å². The highest BCUT2D eigenvalue weighted by atomic mass is 15.3. The Bertz CT molecular complexity index is 819. The summed E-state index contributed by atoms with van der Waals surface area (Å²) in [6.45, 7) is 9.36. The second-order valence-electron chi connectivity index (χ2n) is 5.82. The van der Waals surface area contributed by atoms with Gasteiger partial charge in [-0.1, -0.05) is 20.3 Å². The summed E-state index contributed by atoms with van der Waals surface area (Å²) in [6.07, 6.45) is 3.13. The Morgan fingerprint density at radius 1 is 1.09 bits per heavy atom. The molecule has 3 aromatic heterocycles. The smallest absolute Gasteiger partial charge is 0.184 e. The predicted molar refractivity (Wildman–Crippen MR) is 90.5 cm³/mol. The van der Waals surface area contributed by atoms with Gasteiger partial charge in [0.05, 0.1) is 5.39 Å². The monoisotopic (exact) mass is 297 g/mol. The molecule has 0 unspecified atom stereocenters. The van der Waals surface area contributed by atoms with Crippen molar-refractivity contribution in [3.05, 3.63) is 29.1 Å². The molecule has 0 saturated carbocycles. The third kappa shape index (κ3) is 2.51. The van der Waals surface area contributed by atoms with Crippen LogP contribution in [-0.4, -0.2) is 26.1 Å². The molecule has 5 nitrogen and oxygen atoms in total. The molecular weight excluding hydrogens is 274 g/mol. The highest BCUT2D eigenvalue weighted by Gasteiger charge is 2.14. The van der Waals surface area contributed by atoms with Crippen molar-refractivity contribution in [1.29, 1.82) is 0 Å². The molecule has 0 saturated heterocycles. The van der Waals surface area contributed by atoms with Crippen molar-refractivity contribution in [2.75, 3.05) is 11.9 Å². The Labute approximate surface area is 130 Å². The lowest BCUT2D eigenvalue weighted by molar-refractivity contribution is 0.853. The second kappa shape index (κ2) is 5.91. The zero-order valence-corrected chi connectivity index (χ0v) is 13.8. The molecular formula is C17H23N5. The Kier molecular flexibility index (Phi) is 3.96. The summed E-state index contributed by atoms with van der Waals surface area (Å²) in [7, 11) is 0. The third-order valence-electron chi connectivity index (χ3n) is 3.79. The van der Waals surface area contributed by atoms with E-state index in [1.165, 1.54) is 5.56 Å². The fraction of sp³-hybridized carbons (Fsp3) is 0.471. The number of pyridine rings is 1. The normalized spacial score (nSPS) is 11.5. The van der Waals surface area contributed by atoms with Crippen molar-refractivity contribution < 1.29 is 0 Å². The number of fused-ring (bicyclic) bond motifs is 3. The number of aryl methyl sites for hydroxylation is 3. The molecule has 0 aromatic carbocycles. The lowest BCUT2D eigenvalue weighted by Crippen LogP contribution is -2.08. The highest BCUT2D eigenvalue weighted by Crippen LogP contribution is 2.25. The van der Waals surface area contributed by atoms with Crippen LogP contribution in [0.5, 0.6) is 0 Å². The number of aromatic nitrogens is 4. The van der Waals surface area contributed by atoms with Gasteiger partial charge in [-0.15, -0.1) is 5.10 Å². The van der Waals surface area contributed by atoms with E-state index in [9.17, 15) is 0 Å². The SMILES string of the molecule is CCCNc1cc(CCC)nc2c3c(C)cc(C)nc3nn12. The fourth-order valence-corrected chi connectivity index (χ4v) is 2.84. The van der Waals surface area contributed by atoms with Gasteiger partial charge in [-0.3, -0.25) is 0 Å². The minimum absolute atomic E-state index is 0.776. The maximum absolute atomic E-state index is 4.83. The summed E-state index contributed by atoms with van der Waals surface area (Å²) in [5.74, 6) is 1.00. The van der Waals surface area contributed by atoms with Gasteiger partial charge in [-0.05, 0) is 38.3 Å². The molecule has 5 heteroatoms. The van der Waals surface area contributed by atoms with Crippen LogP contribution in [0.2, 0.25) is 0 Å². The molecule has 3 rings (SSSR count). The zero-order chi connectivity index (χ0) is 15.7. The van der Waals surface area contributed by atoms with E-state index in [4.69, 9.17) is 4.98 Å². The molecule has 22 heavy (non-hydrogen) atoms. The Morgan fingerprint density at radius 2 is 1.91 bits per heavy atom. The largest absolute Gasteiger partial charge is 0.370 e. The van der Waals surface area contributed by atoms with E-state index in [1.54, 1.807) is 0 Å². The number of rotatable bonds is 5. The second-order valence-corrected chi connectivity index (χ2v) is 5.82. The molecule has 3 heterocycles. The Hall–Kier alpha value is -2.17.